The Morgan fingerprint density at radius 3 is 2.59 bits per heavy atom. The van der Waals surface area contributed by atoms with Crippen LogP contribution in [0.3, 0.4) is 0 Å². The molecule has 0 bridgehead atoms. The number of nitrogens with zero attached hydrogens (tertiary/aromatic N) is 2. The molecule has 1 heterocycles. The van der Waals surface area contributed by atoms with E-state index in [-0.39, 0.29) is 18.2 Å². The first-order valence-electron chi connectivity index (χ1n) is 9.56. The van der Waals surface area contributed by atoms with Crippen molar-refractivity contribution in [2.75, 3.05) is 30.9 Å². The number of para-hydroxylation sites is 2. The highest BCUT2D eigenvalue weighted by atomic mass is 32.2. The highest BCUT2D eigenvalue weighted by molar-refractivity contribution is 8.16. The monoisotopic (exact) mass is 411 g/mol. The maximum Gasteiger partial charge on any atom is 0.260 e. The van der Waals surface area contributed by atoms with E-state index in [1.54, 1.807) is 6.07 Å². The minimum absolute atomic E-state index is 0.0639. The molecule has 1 aliphatic rings. The molecule has 2 aromatic carbocycles. The molecular weight excluding hydrogens is 386 g/mol. The molecule has 0 aliphatic carbocycles. The van der Waals surface area contributed by atoms with Gasteiger partial charge < -0.3 is 15.0 Å². The smallest absolute Gasteiger partial charge is 0.260 e. The maximum atomic E-state index is 12.5. The zero-order valence-corrected chi connectivity index (χ0v) is 17.7. The number of benzene rings is 2. The van der Waals surface area contributed by atoms with Crippen LogP contribution in [0.4, 0.5) is 11.4 Å². The summed E-state index contributed by atoms with van der Waals surface area (Å²) in [5.74, 6) is 0.126. The molecule has 0 saturated carbocycles. The minimum atomic E-state index is -0.512. The van der Waals surface area contributed by atoms with E-state index in [0.717, 1.165) is 17.7 Å². The molecule has 0 aromatic heterocycles. The van der Waals surface area contributed by atoms with Crippen molar-refractivity contribution in [2.45, 2.75) is 25.0 Å². The molecule has 6 nitrogen and oxygen atoms in total. The largest absolute Gasteiger partial charge is 0.491 e. The van der Waals surface area contributed by atoms with Crippen LogP contribution in [-0.4, -0.2) is 42.8 Å². The molecule has 3 rings (SSSR count). The van der Waals surface area contributed by atoms with E-state index in [9.17, 15) is 9.59 Å². The fourth-order valence-corrected chi connectivity index (χ4v) is 3.90. The first-order chi connectivity index (χ1) is 14.0. The molecule has 1 N–H and O–H groups in total. The number of nitrogens with one attached hydrogen (secondary N) is 1. The van der Waals surface area contributed by atoms with Crippen LogP contribution in [0.25, 0.3) is 0 Å². The third-order valence-corrected chi connectivity index (χ3v) is 5.57. The third-order valence-electron chi connectivity index (χ3n) is 4.37. The van der Waals surface area contributed by atoms with Crippen molar-refractivity contribution >= 4 is 40.0 Å². The lowest BCUT2D eigenvalue weighted by Gasteiger charge is -2.13. The number of anilines is 2. The summed E-state index contributed by atoms with van der Waals surface area (Å²) in [5.41, 5.74) is 2.57. The van der Waals surface area contributed by atoms with Crippen molar-refractivity contribution in [3.63, 3.8) is 0 Å². The van der Waals surface area contributed by atoms with Gasteiger partial charge in [0.05, 0.1) is 12.3 Å². The van der Waals surface area contributed by atoms with Crippen LogP contribution in [-0.2, 0) is 9.59 Å². The number of carbonyl (C=O) groups excluding carboxylic acids is 2. The predicted octanol–water partition coefficient (Wildman–Crippen LogP) is 3.96. The van der Waals surface area contributed by atoms with Gasteiger partial charge in [-0.15, -0.1) is 0 Å². The van der Waals surface area contributed by atoms with Crippen molar-refractivity contribution in [2.24, 2.45) is 4.99 Å². The molecule has 7 heteroatoms. The first-order valence-corrected chi connectivity index (χ1v) is 10.4. The highest BCUT2D eigenvalue weighted by Gasteiger charge is 2.31. The molecule has 0 fully saturated rings. The van der Waals surface area contributed by atoms with E-state index < -0.39 is 5.25 Å². The zero-order valence-electron chi connectivity index (χ0n) is 16.8. The topological polar surface area (TPSA) is 71.0 Å². The quantitative estimate of drug-likeness (QED) is 0.712. The Hall–Kier alpha value is -2.80. The molecule has 0 radical (unpaired) electrons. The summed E-state index contributed by atoms with van der Waals surface area (Å²) in [6.07, 6.45) is 0.944. The summed E-state index contributed by atoms with van der Waals surface area (Å²) in [7, 11) is 3.95. The van der Waals surface area contributed by atoms with Gasteiger partial charge in [-0.3, -0.25) is 9.59 Å². The Balaban J connectivity index is 1.60. The van der Waals surface area contributed by atoms with Gasteiger partial charge in [-0.25, -0.2) is 4.99 Å². The number of thioether (sulfide) groups is 1. The van der Waals surface area contributed by atoms with E-state index in [0.29, 0.717) is 23.1 Å². The fourth-order valence-electron chi connectivity index (χ4n) is 2.82. The molecule has 0 spiro atoms. The van der Waals surface area contributed by atoms with Crippen LogP contribution in [0, 0.1) is 0 Å². The normalized spacial score (nSPS) is 15.8. The van der Waals surface area contributed by atoms with Gasteiger partial charge in [-0.2, -0.15) is 0 Å². The molecule has 29 heavy (non-hydrogen) atoms. The predicted molar refractivity (Wildman–Crippen MR) is 119 cm³/mol. The van der Waals surface area contributed by atoms with Crippen LogP contribution >= 0.6 is 11.8 Å². The zero-order chi connectivity index (χ0) is 20.8. The van der Waals surface area contributed by atoms with Crippen LogP contribution in [0.5, 0.6) is 5.75 Å². The van der Waals surface area contributed by atoms with Crippen LogP contribution < -0.4 is 15.0 Å². The Kier molecular flexibility index (Phi) is 6.93. The summed E-state index contributed by atoms with van der Waals surface area (Å²) < 4.78 is 5.67. The lowest BCUT2D eigenvalue weighted by Crippen LogP contribution is -2.21. The summed E-state index contributed by atoms with van der Waals surface area (Å²) in [4.78, 5) is 31.0. The van der Waals surface area contributed by atoms with Gasteiger partial charge in [0.15, 0.2) is 0 Å². The minimum Gasteiger partial charge on any atom is -0.491 e. The Morgan fingerprint density at radius 2 is 1.90 bits per heavy atom. The SMILES string of the molecule is CCCOc1ccccc1NC(=O)C[C@H]1SC(c2ccc(N(C)C)cc2)=NC1=O. The summed E-state index contributed by atoms with van der Waals surface area (Å²) in [6, 6.07) is 15.2. The average Bonchev–Trinajstić information content (AvgIpc) is 3.07. The fraction of sp³-hybridized carbons (Fsp3) is 0.318. The number of ether oxygens (including phenoxy) is 1. The van der Waals surface area contributed by atoms with Crippen molar-refractivity contribution in [1.82, 2.24) is 0 Å². The summed E-state index contributed by atoms with van der Waals surface area (Å²) in [6.45, 7) is 2.60. The Morgan fingerprint density at radius 1 is 1.17 bits per heavy atom. The molecular formula is C22H25N3O3S. The van der Waals surface area contributed by atoms with Crippen molar-refractivity contribution < 1.29 is 14.3 Å². The standard InChI is InChI=1S/C22H25N3O3S/c1-4-13-28-18-8-6-5-7-17(18)23-20(26)14-19-21(27)24-22(29-19)15-9-11-16(12-10-15)25(2)3/h5-12,19H,4,13-14H2,1-3H3,(H,23,26)/t19-/m1/s1. The van der Waals surface area contributed by atoms with E-state index >= 15 is 0 Å². The Bertz CT molecular complexity index is 910. The van der Waals surface area contributed by atoms with Gasteiger partial charge in [0.1, 0.15) is 16.0 Å². The highest BCUT2D eigenvalue weighted by Crippen LogP contribution is 2.31. The molecule has 1 atom stereocenters. The second-order valence-electron chi connectivity index (χ2n) is 6.90. The Labute approximate surface area is 175 Å². The number of rotatable bonds is 8. The van der Waals surface area contributed by atoms with Gasteiger partial charge in [0, 0.05) is 31.8 Å². The molecule has 0 unspecified atom stereocenters. The maximum absolute atomic E-state index is 12.5. The number of aliphatic imine (C=N–C) groups is 1. The molecule has 152 valence electrons. The average molecular weight is 412 g/mol. The van der Waals surface area contributed by atoms with E-state index in [1.165, 1.54) is 11.8 Å². The lowest BCUT2D eigenvalue weighted by atomic mass is 10.2. The molecule has 2 aromatic rings. The number of hydrogen-bond acceptors (Lipinski definition) is 5. The summed E-state index contributed by atoms with van der Waals surface area (Å²) in [5, 5.41) is 3.00. The first kappa shape index (κ1) is 20.9. The van der Waals surface area contributed by atoms with Gasteiger partial charge in [-0.05, 0) is 30.7 Å². The molecule has 2 amide bonds. The van der Waals surface area contributed by atoms with E-state index in [1.807, 2.05) is 68.4 Å². The third kappa shape index (κ3) is 5.38. The van der Waals surface area contributed by atoms with Crippen molar-refractivity contribution in [1.29, 1.82) is 0 Å². The number of hydrogen-bond donors (Lipinski definition) is 1. The number of carbonyl (C=O) groups is 2. The second-order valence-corrected chi connectivity index (χ2v) is 8.09. The molecule has 1 aliphatic heterocycles. The van der Waals surface area contributed by atoms with Crippen molar-refractivity contribution in [3.8, 4) is 5.75 Å². The van der Waals surface area contributed by atoms with E-state index in [4.69, 9.17) is 4.74 Å². The van der Waals surface area contributed by atoms with Gasteiger partial charge in [0.2, 0.25) is 5.91 Å². The van der Waals surface area contributed by atoms with E-state index in [2.05, 4.69) is 10.3 Å². The summed E-state index contributed by atoms with van der Waals surface area (Å²) >= 11 is 1.34. The van der Waals surface area contributed by atoms with Crippen molar-refractivity contribution in [3.05, 3.63) is 54.1 Å². The number of amides is 2. The second kappa shape index (κ2) is 9.60. The van der Waals surface area contributed by atoms with Gasteiger partial charge >= 0.3 is 0 Å². The van der Waals surface area contributed by atoms with Gasteiger partial charge in [0.25, 0.3) is 5.91 Å². The molecule has 0 saturated heterocycles. The van der Waals surface area contributed by atoms with Crippen LogP contribution in [0.15, 0.2) is 53.5 Å². The lowest BCUT2D eigenvalue weighted by molar-refractivity contribution is -0.121. The van der Waals surface area contributed by atoms with Crippen LogP contribution in [0.2, 0.25) is 0 Å². The van der Waals surface area contributed by atoms with Crippen LogP contribution in [0.1, 0.15) is 25.3 Å². The van der Waals surface area contributed by atoms with Gasteiger partial charge in [-0.1, -0.05) is 43.0 Å².